The van der Waals surface area contributed by atoms with Crippen molar-refractivity contribution in [3.05, 3.63) is 63.5 Å². The SMILES string of the molecule is O=[N+]([O-])c1ccccc1-c1c(F)c(F)c(F)c(F)c1F. The average molecular weight is 289 g/mol. The Hall–Kier alpha value is -2.51. The smallest absolute Gasteiger partial charge is 0.258 e. The zero-order valence-electron chi connectivity index (χ0n) is 9.46. The molecule has 0 amide bonds. The molecule has 0 aromatic heterocycles. The van der Waals surface area contributed by atoms with Gasteiger partial charge in [0.05, 0.1) is 16.1 Å². The van der Waals surface area contributed by atoms with Gasteiger partial charge in [0.2, 0.25) is 5.82 Å². The van der Waals surface area contributed by atoms with Gasteiger partial charge in [-0.3, -0.25) is 10.1 Å². The number of nitrogens with zero attached hydrogens (tertiary/aromatic N) is 1. The van der Waals surface area contributed by atoms with Crippen LogP contribution in [0.15, 0.2) is 24.3 Å². The van der Waals surface area contributed by atoms with Gasteiger partial charge in [-0.1, -0.05) is 12.1 Å². The first-order chi connectivity index (χ1) is 9.36. The standard InChI is InChI=1S/C12H4F5NO2/c13-8-7(9(14)11(16)12(17)10(8)15)5-3-1-2-4-6(5)18(19)20/h1-4H. The van der Waals surface area contributed by atoms with Crippen LogP contribution >= 0.6 is 0 Å². The Balaban J connectivity index is 2.88. The summed E-state index contributed by atoms with van der Waals surface area (Å²) in [5, 5.41) is 10.8. The molecule has 0 radical (unpaired) electrons. The minimum Gasteiger partial charge on any atom is -0.258 e. The zero-order valence-corrected chi connectivity index (χ0v) is 9.46. The van der Waals surface area contributed by atoms with Gasteiger partial charge in [0, 0.05) is 6.07 Å². The third-order valence-corrected chi connectivity index (χ3v) is 2.58. The van der Waals surface area contributed by atoms with Crippen molar-refractivity contribution in [2.24, 2.45) is 0 Å². The number of hydrogen-bond acceptors (Lipinski definition) is 2. The monoisotopic (exact) mass is 289 g/mol. The highest BCUT2D eigenvalue weighted by Gasteiger charge is 2.29. The van der Waals surface area contributed by atoms with E-state index in [-0.39, 0.29) is 0 Å². The lowest BCUT2D eigenvalue weighted by molar-refractivity contribution is -0.384. The lowest BCUT2D eigenvalue weighted by atomic mass is 10.0. The maximum absolute atomic E-state index is 13.6. The molecule has 0 heterocycles. The van der Waals surface area contributed by atoms with Gasteiger partial charge in [-0.05, 0) is 6.07 Å². The molecule has 0 spiro atoms. The van der Waals surface area contributed by atoms with E-state index in [1.165, 1.54) is 12.1 Å². The maximum atomic E-state index is 13.6. The summed E-state index contributed by atoms with van der Waals surface area (Å²) >= 11 is 0. The molecule has 2 aromatic carbocycles. The molecular formula is C12H4F5NO2. The molecule has 0 unspecified atom stereocenters. The average Bonchev–Trinajstić information content (AvgIpc) is 2.43. The number of hydrogen-bond donors (Lipinski definition) is 0. The van der Waals surface area contributed by atoms with Gasteiger partial charge >= 0.3 is 0 Å². The molecule has 0 aliphatic carbocycles. The minimum absolute atomic E-state index is 0.690. The molecule has 2 aromatic rings. The largest absolute Gasteiger partial charge is 0.277 e. The lowest BCUT2D eigenvalue weighted by Crippen LogP contribution is -2.05. The molecule has 2 rings (SSSR count). The normalized spacial score (nSPS) is 10.7. The summed E-state index contributed by atoms with van der Waals surface area (Å²) in [6.07, 6.45) is 0. The predicted octanol–water partition coefficient (Wildman–Crippen LogP) is 3.96. The van der Waals surface area contributed by atoms with E-state index in [4.69, 9.17) is 0 Å². The highest BCUT2D eigenvalue weighted by atomic mass is 19.2. The van der Waals surface area contributed by atoms with Crippen molar-refractivity contribution in [3.63, 3.8) is 0 Å². The van der Waals surface area contributed by atoms with Gasteiger partial charge in [-0.15, -0.1) is 0 Å². The van der Waals surface area contributed by atoms with Gasteiger partial charge in [0.25, 0.3) is 5.69 Å². The summed E-state index contributed by atoms with van der Waals surface area (Å²) in [6.45, 7) is 0. The van der Waals surface area contributed by atoms with Crippen molar-refractivity contribution in [2.45, 2.75) is 0 Å². The molecule has 0 bridgehead atoms. The Morgan fingerprint density at radius 1 is 0.800 bits per heavy atom. The second-order valence-electron chi connectivity index (χ2n) is 3.72. The van der Waals surface area contributed by atoms with Crippen LogP contribution in [0.5, 0.6) is 0 Å². The van der Waals surface area contributed by atoms with E-state index in [1.54, 1.807) is 0 Å². The van der Waals surface area contributed by atoms with Crippen LogP contribution in [0.25, 0.3) is 11.1 Å². The van der Waals surface area contributed by atoms with Crippen molar-refractivity contribution >= 4 is 5.69 Å². The van der Waals surface area contributed by atoms with E-state index in [0.717, 1.165) is 12.1 Å². The highest BCUT2D eigenvalue weighted by Crippen LogP contribution is 2.36. The topological polar surface area (TPSA) is 43.1 Å². The summed E-state index contributed by atoms with van der Waals surface area (Å²) in [4.78, 5) is 9.77. The summed E-state index contributed by atoms with van der Waals surface area (Å²) in [6, 6.07) is 4.18. The van der Waals surface area contributed by atoms with Crippen LogP contribution in [0.2, 0.25) is 0 Å². The predicted molar refractivity (Wildman–Crippen MR) is 58.3 cm³/mol. The fourth-order valence-electron chi connectivity index (χ4n) is 1.69. The van der Waals surface area contributed by atoms with Crippen LogP contribution in [0.4, 0.5) is 27.6 Å². The molecule has 0 atom stereocenters. The molecule has 0 N–H and O–H groups in total. The molecule has 104 valence electrons. The Labute approximate surface area is 108 Å². The number of rotatable bonds is 2. The van der Waals surface area contributed by atoms with Gasteiger partial charge in [-0.2, -0.15) is 0 Å². The van der Waals surface area contributed by atoms with Crippen LogP contribution < -0.4 is 0 Å². The van der Waals surface area contributed by atoms with Crippen molar-refractivity contribution in [3.8, 4) is 11.1 Å². The van der Waals surface area contributed by atoms with Gasteiger partial charge in [-0.25, -0.2) is 22.0 Å². The first-order valence-corrected chi connectivity index (χ1v) is 5.11. The van der Waals surface area contributed by atoms with Crippen LogP contribution in [-0.2, 0) is 0 Å². The van der Waals surface area contributed by atoms with E-state index >= 15 is 0 Å². The Bertz CT molecular complexity index is 688. The summed E-state index contributed by atoms with van der Waals surface area (Å²) in [5.74, 6) is -10.9. The van der Waals surface area contributed by atoms with E-state index in [0.29, 0.717) is 0 Å². The third-order valence-electron chi connectivity index (χ3n) is 2.58. The Morgan fingerprint density at radius 3 is 1.75 bits per heavy atom. The molecule has 0 fully saturated rings. The second kappa shape index (κ2) is 4.87. The fraction of sp³-hybridized carbons (Fsp3) is 0. The number of benzene rings is 2. The first-order valence-electron chi connectivity index (χ1n) is 5.11. The van der Waals surface area contributed by atoms with E-state index in [2.05, 4.69) is 0 Å². The molecule has 8 heteroatoms. The molecule has 0 saturated heterocycles. The highest BCUT2D eigenvalue weighted by molar-refractivity contribution is 5.74. The number of para-hydroxylation sites is 1. The molecule has 20 heavy (non-hydrogen) atoms. The number of nitro groups is 1. The fourth-order valence-corrected chi connectivity index (χ4v) is 1.69. The van der Waals surface area contributed by atoms with Gasteiger partial charge < -0.3 is 0 Å². The van der Waals surface area contributed by atoms with E-state index in [9.17, 15) is 32.1 Å². The number of halogens is 5. The molecule has 0 saturated carbocycles. The Morgan fingerprint density at radius 2 is 1.25 bits per heavy atom. The van der Waals surface area contributed by atoms with Crippen LogP contribution in [0.1, 0.15) is 0 Å². The number of nitro benzene ring substituents is 1. The van der Waals surface area contributed by atoms with E-state index in [1.807, 2.05) is 0 Å². The lowest BCUT2D eigenvalue weighted by Gasteiger charge is -2.08. The molecule has 0 aliphatic heterocycles. The summed E-state index contributed by atoms with van der Waals surface area (Å²) < 4.78 is 66.3. The quantitative estimate of drug-likeness (QED) is 0.276. The van der Waals surface area contributed by atoms with E-state index < -0.39 is 50.8 Å². The van der Waals surface area contributed by atoms with Crippen molar-refractivity contribution in [1.82, 2.24) is 0 Å². The van der Waals surface area contributed by atoms with Crippen molar-refractivity contribution < 1.29 is 26.9 Å². The second-order valence-corrected chi connectivity index (χ2v) is 3.72. The van der Waals surface area contributed by atoms with Crippen LogP contribution in [0.3, 0.4) is 0 Å². The molecule has 0 aliphatic rings. The third kappa shape index (κ3) is 1.98. The van der Waals surface area contributed by atoms with Crippen LogP contribution in [0, 0.1) is 39.2 Å². The Kier molecular flexibility index (Phi) is 3.39. The van der Waals surface area contributed by atoms with Gasteiger partial charge in [0.15, 0.2) is 23.3 Å². The molecule has 3 nitrogen and oxygen atoms in total. The molecular weight excluding hydrogens is 285 g/mol. The summed E-state index contributed by atoms with van der Waals surface area (Å²) in [7, 11) is 0. The minimum atomic E-state index is -2.32. The van der Waals surface area contributed by atoms with Crippen molar-refractivity contribution in [2.75, 3.05) is 0 Å². The zero-order chi connectivity index (χ0) is 15.0. The van der Waals surface area contributed by atoms with Crippen molar-refractivity contribution in [1.29, 1.82) is 0 Å². The van der Waals surface area contributed by atoms with Gasteiger partial charge in [0.1, 0.15) is 0 Å². The van der Waals surface area contributed by atoms with Crippen LogP contribution in [-0.4, -0.2) is 4.92 Å². The first kappa shape index (κ1) is 13.9. The maximum Gasteiger partial charge on any atom is 0.277 e. The summed E-state index contributed by atoms with van der Waals surface area (Å²) in [5.41, 5.74) is -2.78.